The highest BCUT2D eigenvalue weighted by atomic mass is 35.5. The highest BCUT2D eigenvalue weighted by molar-refractivity contribution is 8.18. The number of carbonyl (C=O) groups excluding carboxylic acids is 3. The molecular formula is C23H21ClN2O5S. The molecule has 1 saturated heterocycles. The number of thioether (sulfide) groups is 1. The van der Waals surface area contributed by atoms with Crippen molar-refractivity contribution in [1.82, 2.24) is 4.90 Å². The maximum Gasteiger partial charge on any atom is 0.294 e. The van der Waals surface area contributed by atoms with Crippen molar-refractivity contribution >= 4 is 52.2 Å². The molecule has 1 aliphatic heterocycles. The zero-order valence-corrected chi connectivity index (χ0v) is 19.1. The standard InChI is InChI=1S/C23H21ClN2O5S/c1-4-9-31-18-8-6-15(10-19(18)30-3)11-20-22(28)26(23(29)32-20)13-21(27)25-16-7-5-14(2)17(24)12-16/h4-8,10-12H,1,9,13H2,2-3H3,(H,25,27)/b20-11+. The number of hydrogen-bond acceptors (Lipinski definition) is 6. The van der Waals surface area contributed by atoms with Gasteiger partial charge in [-0.1, -0.05) is 36.4 Å². The predicted molar refractivity (Wildman–Crippen MR) is 126 cm³/mol. The third-order valence-corrected chi connectivity index (χ3v) is 5.79. The summed E-state index contributed by atoms with van der Waals surface area (Å²) in [7, 11) is 1.51. The van der Waals surface area contributed by atoms with Crippen LogP contribution in [0.5, 0.6) is 11.5 Å². The van der Waals surface area contributed by atoms with Crippen LogP contribution in [0, 0.1) is 6.92 Å². The van der Waals surface area contributed by atoms with Crippen LogP contribution in [0.2, 0.25) is 5.02 Å². The van der Waals surface area contributed by atoms with E-state index in [1.165, 1.54) is 7.11 Å². The van der Waals surface area contributed by atoms with Crippen LogP contribution in [-0.2, 0) is 9.59 Å². The van der Waals surface area contributed by atoms with Gasteiger partial charge in [0.1, 0.15) is 13.2 Å². The Morgan fingerprint density at radius 2 is 2.00 bits per heavy atom. The van der Waals surface area contributed by atoms with Crippen LogP contribution in [0.25, 0.3) is 6.08 Å². The molecule has 1 aliphatic rings. The van der Waals surface area contributed by atoms with Crippen LogP contribution in [0.1, 0.15) is 11.1 Å². The maximum atomic E-state index is 12.7. The Balaban J connectivity index is 1.71. The molecule has 0 unspecified atom stereocenters. The first-order valence-corrected chi connectivity index (χ1v) is 10.7. The van der Waals surface area contributed by atoms with Gasteiger partial charge >= 0.3 is 0 Å². The third-order valence-electron chi connectivity index (χ3n) is 4.47. The summed E-state index contributed by atoms with van der Waals surface area (Å²) < 4.78 is 10.8. The second-order valence-corrected chi connectivity index (χ2v) is 8.19. The normalized spacial score (nSPS) is 14.6. The minimum Gasteiger partial charge on any atom is -0.493 e. The van der Waals surface area contributed by atoms with Crippen LogP contribution in [0.4, 0.5) is 10.5 Å². The maximum absolute atomic E-state index is 12.7. The number of amides is 3. The quantitative estimate of drug-likeness (QED) is 0.434. The van der Waals surface area contributed by atoms with E-state index in [4.69, 9.17) is 21.1 Å². The van der Waals surface area contributed by atoms with Gasteiger partial charge in [0, 0.05) is 10.7 Å². The molecule has 32 heavy (non-hydrogen) atoms. The molecule has 2 aromatic rings. The monoisotopic (exact) mass is 472 g/mol. The first-order valence-electron chi connectivity index (χ1n) is 9.55. The summed E-state index contributed by atoms with van der Waals surface area (Å²) in [4.78, 5) is 38.5. The van der Waals surface area contributed by atoms with E-state index < -0.39 is 23.6 Å². The zero-order chi connectivity index (χ0) is 23.3. The number of aryl methyl sites for hydroxylation is 1. The van der Waals surface area contributed by atoms with Crippen molar-refractivity contribution in [2.75, 3.05) is 25.6 Å². The molecule has 0 saturated carbocycles. The van der Waals surface area contributed by atoms with Gasteiger partial charge in [0.25, 0.3) is 11.1 Å². The number of rotatable bonds is 8. The van der Waals surface area contributed by atoms with Crippen molar-refractivity contribution in [3.8, 4) is 11.5 Å². The number of ether oxygens (including phenoxy) is 2. The van der Waals surface area contributed by atoms with Crippen molar-refractivity contribution in [3.63, 3.8) is 0 Å². The molecule has 166 valence electrons. The van der Waals surface area contributed by atoms with Crippen LogP contribution < -0.4 is 14.8 Å². The van der Waals surface area contributed by atoms with Gasteiger partial charge in [0.15, 0.2) is 11.5 Å². The molecule has 0 bridgehead atoms. The van der Waals surface area contributed by atoms with Crippen molar-refractivity contribution in [1.29, 1.82) is 0 Å². The van der Waals surface area contributed by atoms with Gasteiger partial charge in [-0.15, -0.1) is 0 Å². The summed E-state index contributed by atoms with van der Waals surface area (Å²) in [6.45, 7) is 5.38. The van der Waals surface area contributed by atoms with E-state index >= 15 is 0 Å². The summed E-state index contributed by atoms with van der Waals surface area (Å²) in [5.41, 5.74) is 2.01. The van der Waals surface area contributed by atoms with Gasteiger partial charge in [-0.25, -0.2) is 0 Å². The lowest BCUT2D eigenvalue weighted by Crippen LogP contribution is -2.36. The van der Waals surface area contributed by atoms with Crippen LogP contribution >= 0.6 is 23.4 Å². The molecule has 0 atom stereocenters. The predicted octanol–water partition coefficient (Wildman–Crippen LogP) is 4.90. The minimum atomic E-state index is -0.539. The van der Waals surface area contributed by atoms with Gasteiger partial charge < -0.3 is 14.8 Å². The second kappa shape index (κ2) is 10.4. The summed E-state index contributed by atoms with van der Waals surface area (Å²) in [5, 5.41) is 2.64. The van der Waals surface area contributed by atoms with E-state index in [1.54, 1.807) is 48.6 Å². The Morgan fingerprint density at radius 1 is 1.22 bits per heavy atom. The van der Waals surface area contributed by atoms with Gasteiger partial charge in [0.2, 0.25) is 5.91 Å². The lowest BCUT2D eigenvalue weighted by Gasteiger charge is -2.13. The third kappa shape index (κ3) is 5.52. The number of benzene rings is 2. The average molecular weight is 473 g/mol. The van der Waals surface area contributed by atoms with E-state index in [2.05, 4.69) is 11.9 Å². The molecule has 0 aromatic heterocycles. The van der Waals surface area contributed by atoms with Gasteiger partial charge in [-0.05, 0) is 60.2 Å². The van der Waals surface area contributed by atoms with Gasteiger partial charge in [-0.2, -0.15) is 0 Å². The lowest BCUT2D eigenvalue weighted by molar-refractivity contribution is -0.127. The molecule has 0 aliphatic carbocycles. The largest absolute Gasteiger partial charge is 0.493 e. The highest BCUT2D eigenvalue weighted by Gasteiger charge is 2.36. The average Bonchev–Trinajstić information content (AvgIpc) is 3.02. The van der Waals surface area contributed by atoms with Crippen molar-refractivity contribution in [2.24, 2.45) is 0 Å². The highest BCUT2D eigenvalue weighted by Crippen LogP contribution is 2.34. The number of methoxy groups -OCH3 is 1. The molecule has 9 heteroatoms. The fourth-order valence-corrected chi connectivity index (χ4v) is 3.86. The van der Waals surface area contributed by atoms with Gasteiger partial charge in [-0.3, -0.25) is 19.3 Å². The van der Waals surface area contributed by atoms with Crippen molar-refractivity contribution in [3.05, 3.63) is 70.1 Å². The molecule has 1 heterocycles. The second-order valence-electron chi connectivity index (χ2n) is 6.79. The Morgan fingerprint density at radius 3 is 2.69 bits per heavy atom. The zero-order valence-electron chi connectivity index (χ0n) is 17.5. The summed E-state index contributed by atoms with van der Waals surface area (Å²) in [5.74, 6) is -0.0246. The van der Waals surface area contributed by atoms with E-state index in [-0.39, 0.29) is 4.91 Å². The number of imide groups is 1. The number of nitrogens with one attached hydrogen (secondary N) is 1. The Labute approximate surface area is 195 Å². The first-order chi connectivity index (χ1) is 15.3. The van der Waals surface area contributed by atoms with Crippen molar-refractivity contribution in [2.45, 2.75) is 6.92 Å². The van der Waals surface area contributed by atoms with E-state index in [9.17, 15) is 14.4 Å². The van der Waals surface area contributed by atoms with Crippen molar-refractivity contribution < 1.29 is 23.9 Å². The van der Waals surface area contributed by atoms with Crippen LogP contribution in [0.3, 0.4) is 0 Å². The SMILES string of the molecule is C=CCOc1ccc(/C=C2/SC(=O)N(CC(=O)Nc3ccc(C)c(Cl)c3)C2=O)cc1OC. The Bertz CT molecular complexity index is 1120. The Hall–Kier alpha value is -3.23. The molecule has 7 nitrogen and oxygen atoms in total. The van der Waals surface area contributed by atoms with Gasteiger partial charge in [0.05, 0.1) is 12.0 Å². The fraction of sp³-hybridized carbons (Fsp3) is 0.174. The summed E-state index contributed by atoms with van der Waals surface area (Å²) >= 11 is 6.84. The Kier molecular flexibility index (Phi) is 7.61. The molecule has 3 rings (SSSR count). The van der Waals surface area contributed by atoms with Crippen LogP contribution in [0.15, 0.2) is 54.0 Å². The van der Waals surface area contributed by atoms with E-state index in [0.29, 0.717) is 34.4 Å². The fourth-order valence-electron chi connectivity index (χ4n) is 2.84. The summed E-state index contributed by atoms with van der Waals surface area (Å²) in [6, 6.07) is 10.2. The number of hydrogen-bond donors (Lipinski definition) is 1. The molecule has 0 radical (unpaired) electrons. The molecule has 2 aromatic carbocycles. The minimum absolute atomic E-state index is 0.211. The van der Waals surface area contributed by atoms with E-state index in [1.807, 2.05) is 6.92 Å². The smallest absolute Gasteiger partial charge is 0.294 e. The molecule has 1 N–H and O–H groups in total. The van der Waals surface area contributed by atoms with E-state index in [0.717, 1.165) is 22.2 Å². The number of halogens is 1. The summed E-state index contributed by atoms with van der Waals surface area (Å²) in [6.07, 6.45) is 3.19. The molecule has 3 amide bonds. The van der Waals surface area contributed by atoms with Crippen LogP contribution in [-0.4, -0.2) is 42.2 Å². The molecule has 0 spiro atoms. The number of anilines is 1. The first kappa shape index (κ1) is 23.4. The topological polar surface area (TPSA) is 84.9 Å². The number of carbonyl (C=O) groups is 3. The molecule has 1 fully saturated rings. The molecular weight excluding hydrogens is 452 g/mol. The number of nitrogens with zero attached hydrogens (tertiary/aromatic N) is 1. The lowest BCUT2D eigenvalue weighted by atomic mass is 10.2.